The molecule has 3 aromatic rings. The molecule has 0 aromatic carbocycles. The Morgan fingerprint density at radius 3 is 2.72 bits per heavy atom. The molecule has 0 unspecified atom stereocenters. The zero-order valence-corrected chi connectivity index (χ0v) is 13.1. The molecule has 1 saturated heterocycles. The SMILES string of the molecule is Cc1nnc2c(N3CC(Oc4ccnc(C(F)(F)F)c4)C3)nccn12. The Labute approximate surface area is 140 Å². The number of hydrogen-bond donors (Lipinski definition) is 0. The van der Waals surface area contributed by atoms with E-state index in [0.29, 0.717) is 24.6 Å². The van der Waals surface area contributed by atoms with E-state index in [4.69, 9.17) is 4.74 Å². The summed E-state index contributed by atoms with van der Waals surface area (Å²) < 4.78 is 45.5. The lowest BCUT2D eigenvalue weighted by Crippen LogP contribution is -2.54. The first-order valence-electron chi connectivity index (χ1n) is 7.53. The van der Waals surface area contributed by atoms with Gasteiger partial charge in [0.05, 0.1) is 13.1 Å². The fourth-order valence-corrected chi connectivity index (χ4v) is 2.67. The van der Waals surface area contributed by atoms with Gasteiger partial charge in [0.2, 0.25) is 5.65 Å². The predicted molar refractivity (Wildman–Crippen MR) is 81.4 cm³/mol. The first-order chi connectivity index (χ1) is 11.9. The van der Waals surface area contributed by atoms with Crippen molar-refractivity contribution in [2.24, 2.45) is 0 Å². The van der Waals surface area contributed by atoms with Gasteiger partial charge in [-0.1, -0.05) is 0 Å². The van der Waals surface area contributed by atoms with Gasteiger partial charge in [0.15, 0.2) is 5.82 Å². The Balaban J connectivity index is 1.46. The van der Waals surface area contributed by atoms with Gasteiger partial charge in [-0.15, -0.1) is 10.2 Å². The van der Waals surface area contributed by atoms with Crippen LogP contribution in [0.4, 0.5) is 19.0 Å². The molecule has 1 fully saturated rings. The summed E-state index contributed by atoms with van der Waals surface area (Å²) in [5.74, 6) is 1.58. The highest BCUT2D eigenvalue weighted by Crippen LogP contribution is 2.31. The van der Waals surface area contributed by atoms with Gasteiger partial charge in [-0.05, 0) is 13.0 Å². The van der Waals surface area contributed by atoms with Crippen LogP contribution in [0.2, 0.25) is 0 Å². The van der Waals surface area contributed by atoms with Gasteiger partial charge < -0.3 is 9.64 Å². The van der Waals surface area contributed by atoms with E-state index < -0.39 is 11.9 Å². The van der Waals surface area contributed by atoms with Crippen LogP contribution in [0.15, 0.2) is 30.7 Å². The number of halogens is 3. The van der Waals surface area contributed by atoms with Gasteiger partial charge in [0.25, 0.3) is 0 Å². The van der Waals surface area contributed by atoms with E-state index in [1.54, 1.807) is 12.4 Å². The van der Waals surface area contributed by atoms with E-state index in [1.807, 2.05) is 16.2 Å². The molecule has 0 N–H and O–H groups in total. The van der Waals surface area contributed by atoms with E-state index in [0.717, 1.165) is 18.1 Å². The molecule has 0 bridgehead atoms. The van der Waals surface area contributed by atoms with E-state index in [1.165, 1.54) is 6.07 Å². The first kappa shape index (κ1) is 15.6. The molecule has 1 aliphatic heterocycles. The maximum atomic E-state index is 12.7. The molecule has 0 radical (unpaired) electrons. The second kappa shape index (κ2) is 5.57. The first-order valence-corrected chi connectivity index (χ1v) is 7.53. The fraction of sp³-hybridized carbons (Fsp3) is 0.333. The van der Waals surface area contributed by atoms with Gasteiger partial charge in [-0.25, -0.2) is 4.98 Å². The average Bonchev–Trinajstić information content (AvgIpc) is 2.92. The molecule has 0 atom stereocenters. The molecule has 25 heavy (non-hydrogen) atoms. The van der Waals surface area contributed by atoms with Crippen LogP contribution in [0, 0.1) is 6.92 Å². The van der Waals surface area contributed by atoms with Gasteiger partial charge >= 0.3 is 6.18 Å². The summed E-state index contributed by atoms with van der Waals surface area (Å²) in [5.41, 5.74) is -0.326. The van der Waals surface area contributed by atoms with E-state index >= 15 is 0 Å². The van der Waals surface area contributed by atoms with E-state index in [2.05, 4.69) is 20.2 Å². The minimum absolute atomic E-state index is 0.150. The van der Waals surface area contributed by atoms with Crippen molar-refractivity contribution >= 4 is 11.5 Å². The summed E-state index contributed by atoms with van der Waals surface area (Å²) >= 11 is 0. The second-order valence-electron chi connectivity index (χ2n) is 5.71. The summed E-state index contributed by atoms with van der Waals surface area (Å²) in [4.78, 5) is 9.58. The minimum Gasteiger partial charge on any atom is -0.487 e. The molecule has 0 aliphatic carbocycles. The Morgan fingerprint density at radius 2 is 1.96 bits per heavy atom. The van der Waals surface area contributed by atoms with Crippen LogP contribution in [0.1, 0.15) is 11.5 Å². The standard InChI is InChI=1S/C15H13F3N6O/c1-9-21-22-14-13(20-4-5-24(9)14)23-7-11(8-23)25-10-2-3-19-12(6-10)15(16,17)18/h2-6,11H,7-8H2,1H3. The van der Waals surface area contributed by atoms with Crippen molar-refractivity contribution in [2.75, 3.05) is 18.0 Å². The van der Waals surface area contributed by atoms with E-state index in [-0.39, 0.29) is 11.9 Å². The highest BCUT2D eigenvalue weighted by atomic mass is 19.4. The van der Waals surface area contributed by atoms with E-state index in [9.17, 15) is 13.2 Å². The zero-order valence-electron chi connectivity index (χ0n) is 13.1. The van der Waals surface area contributed by atoms with Crippen LogP contribution >= 0.6 is 0 Å². The topological polar surface area (TPSA) is 68.4 Å². The van der Waals surface area contributed by atoms with Crippen LogP contribution in [0.25, 0.3) is 5.65 Å². The lowest BCUT2D eigenvalue weighted by molar-refractivity contribution is -0.141. The average molecular weight is 350 g/mol. The van der Waals surface area contributed by atoms with Crippen molar-refractivity contribution in [1.29, 1.82) is 0 Å². The van der Waals surface area contributed by atoms with Crippen molar-refractivity contribution in [1.82, 2.24) is 24.6 Å². The molecule has 3 aromatic heterocycles. The number of fused-ring (bicyclic) bond motifs is 1. The molecule has 10 heteroatoms. The number of hydrogen-bond acceptors (Lipinski definition) is 6. The summed E-state index contributed by atoms with van der Waals surface area (Å²) in [6.07, 6.45) is -0.191. The summed E-state index contributed by atoms with van der Waals surface area (Å²) in [5, 5.41) is 8.12. The summed E-state index contributed by atoms with van der Waals surface area (Å²) in [6, 6.07) is 2.32. The number of rotatable bonds is 3. The predicted octanol–water partition coefficient (Wildman–Crippen LogP) is 2.11. The molecular weight excluding hydrogens is 337 g/mol. The van der Waals surface area contributed by atoms with Crippen molar-refractivity contribution in [3.8, 4) is 5.75 Å². The number of nitrogens with zero attached hydrogens (tertiary/aromatic N) is 6. The molecule has 0 saturated carbocycles. The van der Waals surface area contributed by atoms with Crippen LogP contribution in [0.5, 0.6) is 5.75 Å². The lowest BCUT2D eigenvalue weighted by Gasteiger charge is -2.39. The maximum Gasteiger partial charge on any atom is 0.433 e. The van der Waals surface area contributed by atoms with Crippen molar-refractivity contribution < 1.29 is 17.9 Å². The van der Waals surface area contributed by atoms with Gasteiger partial charge in [0.1, 0.15) is 23.4 Å². The smallest absolute Gasteiger partial charge is 0.433 e. The molecule has 0 spiro atoms. The Kier molecular flexibility index (Phi) is 3.48. The Bertz CT molecular complexity index is 919. The van der Waals surface area contributed by atoms with Gasteiger partial charge in [-0.2, -0.15) is 13.2 Å². The fourth-order valence-electron chi connectivity index (χ4n) is 2.67. The number of anilines is 1. The number of aromatic nitrogens is 5. The lowest BCUT2D eigenvalue weighted by atomic mass is 10.1. The quantitative estimate of drug-likeness (QED) is 0.721. The van der Waals surface area contributed by atoms with Crippen molar-refractivity contribution in [3.63, 3.8) is 0 Å². The number of ether oxygens (including phenoxy) is 1. The highest BCUT2D eigenvalue weighted by Gasteiger charge is 2.34. The number of aryl methyl sites for hydroxylation is 1. The third-order valence-corrected chi connectivity index (χ3v) is 3.95. The normalized spacial score (nSPS) is 15.4. The molecule has 4 heterocycles. The van der Waals surface area contributed by atoms with Gasteiger partial charge in [-0.3, -0.25) is 9.38 Å². The van der Waals surface area contributed by atoms with Crippen molar-refractivity contribution in [3.05, 3.63) is 42.2 Å². The second-order valence-corrected chi connectivity index (χ2v) is 5.71. The van der Waals surface area contributed by atoms with Gasteiger partial charge in [0, 0.05) is 24.7 Å². The number of pyridine rings is 1. The van der Waals surface area contributed by atoms with Crippen LogP contribution in [-0.2, 0) is 6.18 Å². The third-order valence-electron chi connectivity index (χ3n) is 3.95. The molecule has 4 rings (SSSR count). The molecule has 1 aliphatic rings. The van der Waals surface area contributed by atoms with Crippen LogP contribution in [0.3, 0.4) is 0 Å². The molecule has 130 valence electrons. The molecule has 7 nitrogen and oxygen atoms in total. The Morgan fingerprint density at radius 1 is 1.16 bits per heavy atom. The summed E-state index contributed by atoms with van der Waals surface area (Å²) in [7, 11) is 0. The zero-order chi connectivity index (χ0) is 17.6. The number of alkyl halides is 3. The largest absolute Gasteiger partial charge is 0.487 e. The third kappa shape index (κ3) is 2.83. The minimum atomic E-state index is -4.49. The highest BCUT2D eigenvalue weighted by molar-refractivity contribution is 5.65. The molecular formula is C15H13F3N6O. The summed E-state index contributed by atoms with van der Waals surface area (Å²) in [6.45, 7) is 2.85. The maximum absolute atomic E-state index is 12.7. The van der Waals surface area contributed by atoms with Crippen LogP contribution in [-0.4, -0.2) is 43.8 Å². The monoisotopic (exact) mass is 350 g/mol. The Hall–Kier alpha value is -2.91. The molecule has 0 amide bonds. The van der Waals surface area contributed by atoms with Crippen LogP contribution < -0.4 is 9.64 Å². The van der Waals surface area contributed by atoms with Crippen molar-refractivity contribution in [2.45, 2.75) is 19.2 Å².